The molecule has 0 saturated heterocycles. The van der Waals surface area contributed by atoms with Gasteiger partial charge < -0.3 is 5.73 Å². The third-order valence-electron chi connectivity index (χ3n) is 2.41. The van der Waals surface area contributed by atoms with Crippen molar-refractivity contribution in [1.29, 1.82) is 0 Å². The Morgan fingerprint density at radius 3 is 2.88 bits per heavy atom. The highest BCUT2D eigenvalue weighted by molar-refractivity contribution is 5.76. The van der Waals surface area contributed by atoms with Crippen LogP contribution in [-0.2, 0) is 0 Å². The van der Waals surface area contributed by atoms with Crippen LogP contribution in [0.2, 0.25) is 0 Å². The molecule has 0 bridgehead atoms. The second kappa shape index (κ2) is 3.30. The molecule has 0 spiro atoms. The second-order valence-electron chi connectivity index (χ2n) is 3.42. The molecule has 0 amide bonds. The SMILES string of the molecule is Nc1ccccc1-n1nnc2cnccc21. The average molecular weight is 211 g/mol. The van der Waals surface area contributed by atoms with E-state index in [9.17, 15) is 0 Å². The van der Waals surface area contributed by atoms with Crippen LogP contribution in [0, 0.1) is 0 Å². The van der Waals surface area contributed by atoms with Gasteiger partial charge in [-0.25, -0.2) is 4.68 Å². The number of nitrogens with zero attached hydrogens (tertiary/aromatic N) is 4. The molecule has 0 aliphatic rings. The molecule has 2 aromatic heterocycles. The summed E-state index contributed by atoms with van der Waals surface area (Å²) in [5.74, 6) is 0. The molecule has 0 fully saturated rings. The Hall–Kier alpha value is -2.43. The topological polar surface area (TPSA) is 69.6 Å². The first-order valence-electron chi connectivity index (χ1n) is 4.86. The molecule has 0 radical (unpaired) electrons. The summed E-state index contributed by atoms with van der Waals surface area (Å²) < 4.78 is 1.71. The van der Waals surface area contributed by atoms with Crippen LogP contribution < -0.4 is 5.73 Å². The minimum Gasteiger partial charge on any atom is -0.397 e. The van der Waals surface area contributed by atoms with Gasteiger partial charge in [-0.05, 0) is 18.2 Å². The summed E-state index contributed by atoms with van der Waals surface area (Å²) in [6, 6.07) is 9.41. The number of nitrogens with two attached hydrogens (primary N) is 1. The maximum absolute atomic E-state index is 5.90. The van der Waals surface area contributed by atoms with Gasteiger partial charge in [0.05, 0.1) is 23.1 Å². The average Bonchev–Trinajstić information content (AvgIpc) is 2.74. The van der Waals surface area contributed by atoms with Crippen molar-refractivity contribution in [2.24, 2.45) is 0 Å². The summed E-state index contributed by atoms with van der Waals surface area (Å²) in [6.07, 6.45) is 3.39. The van der Waals surface area contributed by atoms with E-state index in [-0.39, 0.29) is 0 Å². The van der Waals surface area contributed by atoms with Crippen molar-refractivity contribution in [3.05, 3.63) is 42.7 Å². The van der Waals surface area contributed by atoms with E-state index >= 15 is 0 Å². The van der Waals surface area contributed by atoms with Gasteiger partial charge in [0, 0.05) is 6.20 Å². The van der Waals surface area contributed by atoms with Gasteiger partial charge in [-0.1, -0.05) is 17.3 Å². The third kappa shape index (κ3) is 1.22. The first kappa shape index (κ1) is 8.84. The Bertz CT molecular complexity index is 643. The molecule has 78 valence electrons. The molecule has 5 nitrogen and oxygen atoms in total. The van der Waals surface area contributed by atoms with Crippen LogP contribution in [-0.4, -0.2) is 20.0 Å². The van der Waals surface area contributed by atoms with Gasteiger partial charge in [0.1, 0.15) is 5.52 Å². The van der Waals surface area contributed by atoms with Gasteiger partial charge in [0.2, 0.25) is 0 Å². The Morgan fingerprint density at radius 1 is 1.12 bits per heavy atom. The van der Waals surface area contributed by atoms with Crippen molar-refractivity contribution >= 4 is 16.7 Å². The number of para-hydroxylation sites is 2. The van der Waals surface area contributed by atoms with Gasteiger partial charge in [-0.3, -0.25) is 4.98 Å². The molecule has 0 aliphatic heterocycles. The highest BCUT2D eigenvalue weighted by atomic mass is 15.4. The third-order valence-corrected chi connectivity index (χ3v) is 2.41. The van der Waals surface area contributed by atoms with Gasteiger partial charge in [-0.15, -0.1) is 5.10 Å². The fourth-order valence-corrected chi connectivity index (χ4v) is 1.63. The Kier molecular flexibility index (Phi) is 1.83. The van der Waals surface area contributed by atoms with E-state index in [2.05, 4.69) is 15.3 Å². The standard InChI is InChI=1S/C11H9N5/c12-8-3-1-2-4-10(8)16-11-5-6-13-7-9(11)14-15-16/h1-7H,12H2. The minimum atomic E-state index is 0.672. The minimum absolute atomic E-state index is 0.672. The summed E-state index contributed by atoms with van der Waals surface area (Å²) in [5, 5.41) is 8.10. The van der Waals surface area contributed by atoms with Crippen LogP contribution in [0.4, 0.5) is 5.69 Å². The molecule has 3 rings (SSSR count). The van der Waals surface area contributed by atoms with Crippen molar-refractivity contribution in [2.75, 3.05) is 5.73 Å². The summed E-state index contributed by atoms with van der Waals surface area (Å²) >= 11 is 0. The zero-order valence-corrected chi connectivity index (χ0v) is 8.41. The number of aromatic nitrogens is 4. The summed E-state index contributed by atoms with van der Waals surface area (Å²) in [6.45, 7) is 0. The number of hydrogen-bond donors (Lipinski definition) is 1. The Labute approximate surface area is 91.5 Å². The number of fused-ring (bicyclic) bond motifs is 1. The van der Waals surface area contributed by atoms with E-state index < -0.39 is 0 Å². The number of pyridine rings is 1. The predicted molar refractivity (Wildman–Crippen MR) is 61.1 cm³/mol. The smallest absolute Gasteiger partial charge is 0.131 e. The van der Waals surface area contributed by atoms with E-state index in [1.165, 1.54) is 0 Å². The van der Waals surface area contributed by atoms with Crippen LogP contribution in [0.1, 0.15) is 0 Å². The highest BCUT2D eigenvalue weighted by Gasteiger charge is 2.07. The fraction of sp³-hybridized carbons (Fsp3) is 0. The first-order valence-corrected chi connectivity index (χ1v) is 4.86. The summed E-state index contributed by atoms with van der Waals surface area (Å²) in [4.78, 5) is 4.00. The van der Waals surface area contributed by atoms with Gasteiger partial charge in [0.25, 0.3) is 0 Å². The lowest BCUT2D eigenvalue weighted by atomic mass is 10.2. The van der Waals surface area contributed by atoms with Crippen LogP contribution in [0.5, 0.6) is 0 Å². The molecule has 5 heteroatoms. The predicted octanol–water partition coefficient (Wildman–Crippen LogP) is 1.40. The maximum Gasteiger partial charge on any atom is 0.131 e. The molecule has 0 unspecified atom stereocenters. The number of benzene rings is 1. The molecule has 0 atom stereocenters. The van der Waals surface area contributed by atoms with Crippen molar-refractivity contribution in [3.63, 3.8) is 0 Å². The quantitative estimate of drug-likeness (QED) is 0.617. The van der Waals surface area contributed by atoms with E-state index in [0.717, 1.165) is 16.7 Å². The fourth-order valence-electron chi connectivity index (χ4n) is 1.63. The lowest BCUT2D eigenvalue weighted by Gasteiger charge is -2.04. The van der Waals surface area contributed by atoms with Gasteiger partial charge in [-0.2, -0.15) is 0 Å². The van der Waals surface area contributed by atoms with E-state index in [0.29, 0.717) is 5.69 Å². The molecule has 2 N–H and O–H groups in total. The zero-order valence-electron chi connectivity index (χ0n) is 8.41. The molecular weight excluding hydrogens is 202 g/mol. The molecule has 0 aliphatic carbocycles. The molecule has 3 aromatic rings. The Morgan fingerprint density at radius 2 is 2.00 bits per heavy atom. The highest BCUT2D eigenvalue weighted by Crippen LogP contribution is 2.19. The Balaban J connectivity index is 2.31. The van der Waals surface area contributed by atoms with E-state index in [1.807, 2.05) is 30.3 Å². The maximum atomic E-state index is 5.90. The van der Waals surface area contributed by atoms with Gasteiger partial charge in [0.15, 0.2) is 0 Å². The van der Waals surface area contributed by atoms with Crippen LogP contribution in [0.3, 0.4) is 0 Å². The second-order valence-corrected chi connectivity index (χ2v) is 3.42. The molecular formula is C11H9N5. The molecule has 16 heavy (non-hydrogen) atoms. The number of nitrogen functional groups attached to an aromatic ring is 1. The van der Waals surface area contributed by atoms with Gasteiger partial charge >= 0.3 is 0 Å². The molecule has 2 heterocycles. The first-order chi connectivity index (χ1) is 7.86. The lowest BCUT2D eigenvalue weighted by Crippen LogP contribution is -2.00. The molecule has 1 aromatic carbocycles. The van der Waals surface area contributed by atoms with E-state index in [1.54, 1.807) is 17.1 Å². The monoisotopic (exact) mass is 211 g/mol. The van der Waals surface area contributed by atoms with Crippen LogP contribution >= 0.6 is 0 Å². The summed E-state index contributed by atoms with van der Waals surface area (Å²) in [5.41, 5.74) is 9.05. The van der Waals surface area contributed by atoms with Crippen molar-refractivity contribution < 1.29 is 0 Å². The lowest BCUT2D eigenvalue weighted by molar-refractivity contribution is 0.826. The van der Waals surface area contributed by atoms with Crippen LogP contribution in [0.15, 0.2) is 42.7 Å². The number of anilines is 1. The van der Waals surface area contributed by atoms with Crippen LogP contribution in [0.25, 0.3) is 16.7 Å². The zero-order chi connectivity index (χ0) is 11.0. The largest absolute Gasteiger partial charge is 0.397 e. The van der Waals surface area contributed by atoms with Crippen molar-refractivity contribution in [3.8, 4) is 5.69 Å². The van der Waals surface area contributed by atoms with Crippen molar-refractivity contribution in [2.45, 2.75) is 0 Å². The number of hydrogen-bond acceptors (Lipinski definition) is 4. The number of rotatable bonds is 1. The van der Waals surface area contributed by atoms with E-state index in [4.69, 9.17) is 5.73 Å². The van der Waals surface area contributed by atoms with Crippen molar-refractivity contribution in [1.82, 2.24) is 20.0 Å². The summed E-state index contributed by atoms with van der Waals surface area (Å²) in [7, 11) is 0. The molecule has 0 saturated carbocycles. The normalized spacial score (nSPS) is 10.8.